The summed E-state index contributed by atoms with van der Waals surface area (Å²) < 4.78 is 22.6. The lowest BCUT2D eigenvalue weighted by molar-refractivity contribution is 0.0557. The largest absolute Gasteiger partial charge is 0.493 e. The highest BCUT2D eigenvalue weighted by atomic mass is 16.5. The Labute approximate surface area is 182 Å². The molecule has 2 aromatic carbocycles. The van der Waals surface area contributed by atoms with Gasteiger partial charge in [-0.3, -0.25) is 4.79 Å². The lowest BCUT2D eigenvalue weighted by Gasteiger charge is -2.37. The Kier molecular flexibility index (Phi) is 5.89. The number of hydrogen-bond donors (Lipinski definition) is 0. The predicted molar refractivity (Wildman–Crippen MR) is 117 cm³/mol. The van der Waals surface area contributed by atoms with Crippen molar-refractivity contribution in [2.24, 2.45) is 0 Å². The minimum absolute atomic E-state index is 0.153. The van der Waals surface area contributed by atoms with Crippen molar-refractivity contribution in [1.29, 1.82) is 0 Å². The summed E-state index contributed by atoms with van der Waals surface area (Å²) in [5.41, 5.74) is 4.38. The second-order valence-corrected chi connectivity index (χ2v) is 7.78. The van der Waals surface area contributed by atoms with E-state index in [0.29, 0.717) is 36.8 Å². The van der Waals surface area contributed by atoms with Crippen LogP contribution < -0.4 is 14.2 Å². The zero-order valence-corrected chi connectivity index (χ0v) is 18.3. The molecule has 4 rings (SSSR count). The molecular weight excluding hydrogens is 394 g/mol. The minimum atomic E-state index is -0.290. The number of furan rings is 1. The first-order valence-electron chi connectivity index (χ1n) is 10.3. The van der Waals surface area contributed by atoms with Gasteiger partial charge in [-0.15, -0.1) is 0 Å². The Bertz CT molecular complexity index is 1050. The lowest BCUT2D eigenvalue weighted by Crippen LogP contribution is -2.42. The molecule has 0 N–H and O–H groups in total. The van der Waals surface area contributed by atoms with Gasteiger partial charge in [0.2, 0.25) is 0 Å². The van der Waals surface area contributed by atoms with Gasteiger partial charge in [-0.05, 0) is 78.9 Å². The molecule has 0 saturated carbocycles. The monoisotopic (exact) mass is 421 g/mol. The molecule has 6 heteroatoms. The average Bonchev–Trinajstić information content (AvgIpc) is 3.30. The molecular formula is C25H27NO5. The summed E-state index contributed by atoms with van der Waals surface area (Å²) in [4.78, 5) is 15.0. The molecule has 0 radical (unpaired) electrons. The summed E-state index contributed by atoms with van der Waals surface area (Å²) in [5, 5.41) is 0. The third-order valence-corrected chi connectivity index (χ3v) is 5.60. The maximum absolute atomic E-state index is 13.2. The topological polar surface area (TPSA) is 61.1 Å². The molecule has 2 heterocycles. The van der Waals surface area contributed by atoms with Crippen LogP contribution in [0.25, 0.3) is 0 Å². The van der Waals surface area contributed by atoms with E-state index in [1.807, 2.05) is 43.0 Å². The molecule has 31 heavy (non-hydrogen) atoms. The summed E-state index contributed by atoms with van der Waals surface area (Å²) in [6, 6.07) is 13.2. The van der Waals surface area contributed by atoms with Crippen molar-refractivity contribution in [2.45, 2.75) is 26.3 Å². The molecule has 0 bridgehead atoms. The van der Waals surface area contributed by atoms with Crippen LogP contribution in [0.3, 0.4) is 0 Å². The van der Waals surface area contributed by atoms with E-state index >= 15 is 0 Å². The molecule has 1 aromatic heterocycles. The number of ether oxygens (including phenoxy) is 3. The van der Waals surface area contributed by atoms with Gasteiger partial charge in [0.1, 0.15) is 12.4 Å². The van der Waals surface area contributed by atoms with Gasteiger partial charge in [-0.2, -0.15) is 0 Å². The quantitative estimate of drug-likeness (QED) is 0.576. The number of methoxy groups -OCH3 is 2. The van der Waals surface area contributed by atoms with Crippen molar-refractivity contribution >= 4 is 5.91 Å². The third-order valence-electron chi connectivity index (χ3n) is 5.60. The van der Waals surface area contributed by atoms with Crippen LogP contribution in [-0.2, 0) is 6.42 Å². The Morgan fingerprint density at radius 3 is 2.42 bits per heavy atom. The Morgan fingerprint density at radius 1 is 1.06 bits per heavy atom. The van der Waals surface area contributed by atoms with E-state index in [9.17, 15) is 4.79 Å². The molecule has 0 saturated heterocycles. The van der Waals surface area contributed by atoms with Crippen molar-refractivity contribution in [3.8, 4) is 17.2 Å². The smallest absolute Gasteiger partial charge is 0.290 e. The SMILES string of the molecule is COc1cc2c(cc1OC)C(COc1cc(C)cc(C)c1)N(C(=O)c1ccco1)CC2. The normalized spacial score (nSPS) is 15.4. The molecule has 3 aromatic rings. The lowest BCUT2D eigenvalue weighted by atomic mass is 9.92. The highest BCUT2D eigenvalue weighted by Gasteiger charge is 2.34. The number of benzene rings is 2. The summed E-state index contributed by atoms with van der Waals surface area (Å²) in [6.45, 7) is 4.96. The van der Waals surface area contributed by atoms with E-state index in [-0.39, 0.29) is 11.9 Å². The molecule has 1 aliphatic heterocycles. The van der Waals surface area contributed by atoms with Crippen molar-refractivity contribution in [3.63, 3.8) is 0 Å². The summed E-state index contributed by atoms with van der Waals surface area (Å²) >= 11 is 0. The van der Waals surface area contributed by atoms with Crippen LogP contribution in [0.5, 0.6) is 17.2 Å². The van der Waals surface area contributed by atoms with Gasteiger partial charge in [-0.1, -0.05) is 6.07 Å². The van der Waals surface area contributed by atoms with Crippen LogP contribution in [0.15, 0.2) is 53.1 Å². The number of rotatable bonds is 6. The van der Waals surface area contributed by atoms with Gasteiger partial charge in [0, 0.05) is 6.54 Å². The van der Waals surface area contributed by atoms with Crippen LogP contribution in [0.4, 0.5) is 0 Å². The highest BCUT2D eigenvalue weighted by Crippen LogP contribution is 2.39. The molecule has 1 atom stereocenters. The van der Waals surface area contributed by atoms with E-state index < -0.39 is 0 Å². The first-order valence-corrected chi connectivity index (χ1v) is 10.3. The summed E-state index contributed by atoms with van der Waals surface area (Å²) in [5.74, 6) is 2.27. The van der Waals surface area contributed by atoms with E-state index in [0.717, 1.165) is 28.0 Å². The van der Waals surface area contributed by atoms with Gasteiger partial charge in [0.15, 0.2) is 17.3 Å². The Morgan fingerprint density at radius 2 is 1.77 bits per heavy atom. The zero-order valence-electron chi connectivity index (χ0n) is 18.3. The van der Waals surface area contributed by atoms with Crippen molar-refractivity contribution in [1.82, 2.24) is 4.90 Å². The number of hydrogen-bond acceptors (Lipinski definition) is 5. The zero-order chi connectivity index (χ0) is 22.0. The molecule has 6 nitrogen and oxygen atoms in total. The highest BCUT2D eigenvalue weighted by molar-refractivity contribution is 5.92. The van der Waals surface area contributed by atoms with Crippen LogP contribution in [0, 0.1) is 13.8 Å². The van der Waals surface area contributed by atoms with E-state index in [4.69, 9.17) is 18.6 Å². The fourth-order valence-electron chi connectivity index (χ4n) is 4.18. The maximum atomic E-state index is 13.2. The van der Waals surface area contributed by atoms with Crippen molar-refractivity contribution in [2.75, 3.05) is 27.4 Å². The first kappa shape index (κ1) is 20.8. The Balaban J connectivity index is 1.70. The number of carbonyl (C=O) groups excluding carboxylic acids is 1. The predicted octanol–water partition coefficient (Wildman–Crippen LogP) is 4.73. The number of amides is 1. The van der Waals surface area contributed by atoms with Crippen molar-refractivity contribution < 1.29 is 23.4 Å². The first-order chi connectivity index (χ1) is 15.0. The van der Waals surface area contributed by atoms with Gasteiger partial charge >= 0.3 is 0 Å². The van der Waals surface area contributed by atoms with Gasteiger partial charge in [0.05, 0.1) is 26.5 Å². The third kappa shape index (κ3) is 4.24. The number of nitrogens with zero attached hydrogens (tertiary/aromatic N) is 1. The number of fused-ring (bicyclic) bond motifs is 1. The molecule has 1 aliphatic rings. The molecule has 0 fully saturated rings. The Hall–Kier alpha value is -3.41. The van der Waals surface area contributed by atoms with Gasteiger partial charge < -0.3 is 23.5 Å². The maximum Gasteiger partial charge on any atom is 0.290 e. The fraction of sp³-hybridized carbons (Fsp3) is 0.320. The standard InChI is InChI=1S/C25H27NO5/c1-16-10-17(2)12-19(11-16)31-15-21-20-14-24(29-4)23(28-3)13-18(20)7-8-26(21)25(27)22-6-5-9-30-22/h5-6,9-14,21H,7-8,15H2,1-4H3. The second-order valence-electron chi connectivity index (χ2n) is 7.78. The molecule has 0 aliphatic carbocycles. The van der Waals surface area contributed by atoms with E-state index in [1.54, 1.807) is 26.4 Å². The molecule has 162 valence electrons. The number of aryl methyl sites for hydroxylation is 2. The van der Waals surface area contributed by atoms with E-state index in [1.165, 1.54) is 6.26 Å². The molecule has 0 spiro atoms. The van der Waals surface area contributed by atoms with Crippen LogP contribution in [0.1, 0.15) is 38.9 Å². The van der Waals surface area contributed by atoms with E-state index in [2.05, 4.69) is 6.07 Å². The fourth-order valence-corrected chi connectivity index (χ4v) is 4.18. The number of carbonyl (C=O) groups is 1. The van der Waals surface area contributed by atoms with Crippen LogP contribution in [-0.4, -0.2) is 38.2 Å². The summed E-state index contributed by atoms with van der Waals surface area (Å²) in [6.07, 6.45) is 2.22. The molecule has 1 amide bonds. The van der Waals surface area contributed by atoms with Gasteiger partial charge in [-0.25, -0.2) is 0 Å². The average molecular weight is 421 g/mol. The minimum Gasteiger partial charge on any atom is -0.493 e. The van der Waals surface area contributed by atoms with Crippen molar-refractivity contribution in [3.05, 3.63) is 76.7 Å². The summed E-state index contributed by atoms with van der Waals surface area (Å²) in [7, 11) is 3.24. The van der Waals surface area contributed by atoms with Crippen LogP contribution >= 0.6 is 0 Å². The van der Waals surface area contributed by atoms with Crippen LogP contribution in [0.2, 0.25) is 0 Å². The van der Waals surface area contributed by atoms with Gasteiger partial charge in [0.25, 0.3) is 5.91 Å². The second kappa shape index (κ2) is 8.76. The molecule has 1 unspecified atom stereocenters.